The van der Waals surface area contributed by atoms with E-state index in [1.807, 2.05) is 6.07 Å². The van der Waals surface area contributed by atoms with E-state index in [1.165, 1.54) is 12.8 Å². The lowest BCUT2D eigenvalue weighted by molar-refractivity contribution is 0.100. The minimum atomic E-state index is -0.439. The lowest BCUT2D eigenvalue weighted by Gasteiger charge is -2.20. The second kappa shape index (κ2) is 4.65. The number of nitrogens with two attached hydrogens (primary N) is 2. The smallest absolute Gasteiger partial charge is 0.250 e. The highest BCUT2D eigenvalue weighted by molar-refractivity contribution is 5.99. The van der Waals surface area contributed by atoms with Gasteiger partial charge in [0.1, 0.15) is 0 Å². The number of nitrogens with one attached hydrogen (secondary N) is 1. The number of carbonyl (C=O) groups is 1. The predicted molar refractivity (Wildman–Crippen MR) is 69.8 cm³/mol. The van der Waals surface area contributed by atoms with Crippen molar-refractivity contribution in [1.29, 1.82) is 0 Å². The molecular weight excluding hydrogens is 214 g/mol. The summed E-state index contributed by atoms with van der Waals surface area (Å²) in [6.07, 6.45) is 3.61. The molecule has 1 aromatic carbocycles. The van der Waals surface area contributed by atoms with Crippen LogP contribution in [-0.2, 0) is 0 Å². The molecule has 2 atom stereocenters. The molecule has 1 aliphatic carbocycles. The Hall–Kier alpha value is -1.71. The van der Waals surface area contributed by atoms with E-state index >= 15 is 0 Å². The lowest BCUT2D eigenvalue weighted by atomic mass is 10.0. The third-order valence-corrected chi connectivity index (χ3v) is 3.51. The standard InChI is InChI=1S/C13H19N3O/c1-8-3-2-4-11(8)16-12-6-5-9(14)7-10(12)13(15)17/h5-8,11,16H,2-4,14H2,1H3,(H2,15,17). The predicted octanol–water partition coefficient (Wildman–Crippen LogP) is 1.97. The van der Waals surface area contributed by atoms with Crippen LogP contribution in [0.5, 0.6) is 0 Å². The van der Waals surface area contributed by atoms with E-state index in [-0.39, 0.29) is 0 Å². The number of amides is 1. The van der Waals surface area contributed by atoms with Crippen molar-refractivity contribution in [2.75, 3.05) is 11.1 Å². The molecule has 0 radical (unpaired) electrons. The van der Waals surface area contributed by atoms with E-state index in [0.29, 0.717) is 23.2 Å². The summed E-state index contributed by atoms with van der Waals surface area (Å²) in [6.45, 7) is 2.23. The molecule has 0 aromatic heterocycles. The molecule has 0 aliphatic heterocycles. The van der Waals surface area contributed by atoms with Crippen molar-refractivity contribution in [3.05, 3.63) is 23.8 Å². The summed E-state index contributed by atoms with van der Waals surface area (Å²) < 4.78 is 0. The second-order valence-electron chi connectivity index (χ2n) is 4.83. The van der Waals surface area contributed by atoms with Crippen molar-refractivity contribution in [2.24, 2.45) is 11.7 Å². The maximum absolute atomic E-state index is 11.4. The first-order chi connectivity index (χ1) is 8.08. The number of primary amides is 1. The molecule has 1 fully saturated rings. The van der Waals surface area contributed by atoms with Gasteiger partial charge in [0.2, 0.25) is 0 Å². The Morgan fingerprint density at radius 1 is 1.41 bits per heavy atom. The van der Waals surface area contributed by atoms with Crippen molar-refractivity contribution in [1.82, 2.24) is 0 Å². The van der Waals surface area contributed by atoms with E-state index < -0.39 is 5.91 Å². The van der Waals surface area contributed by atoms with Crippen LogP contribution in [0.4, 0.5) is 11.4 Å². The molecule has 2 unspecified atom stereocenters. The van der Waals surface area contributed by atoms with Gasteiger partial charge in [-0.3, -0.25) is 4.79 Å². The Labute approximate surface area is 101 Å². The van der Waals surface area contributed by atoms with Crippen LogP contribution in [0.3, 0.4) is 0 Å². The topological polar surface area (TPSA) is 81.1 Å². The van der Waals surface area contributed by atoms with E-state index in [4.69, 9.17) is 11.5 Å². The van der Waals surface area contributed by atoms with Crippen LogP contribution >= 0.6 is 0 Å². The van der Waals surface area contributed by atoms with Gasteiger partial charge in [0.15, 0.2) is 0 Å². The van der Waals surface area contributed by atoms with Crippen LogP contribution < -0.4 is 16.8 Å². The maximum Gasteiger partial charge on any atom is 0.250 e. The summed E-state index contributed by atoms with van der Waals surface area (Å²) in [5.41, 5.74) is 12.9. The average Bonchev–Trinajstić information content (AvgIpc) is 2.67. The highest BCUT2D eigenvalue weighted by atomic mass is 16.1. The number of hydrogen-bond acceptors (Lipinski definition) is 3. The number of benzene rings is 1. The van der Waals surface area contributed by atoms with E-state index in [2.05, 4.69) is 12.2 Å². The molecule has 5 N–H and O–H groups in total. The number of nitrogen functional groups attached to an aromatic ring is 1. The fourth-order valence-electron chi connectivity index (χ4n) is 2.45. The summed E-state index contributed by atoms with van der Waals surface area (Å²) in [7, 11) is 0. The van der Waals surface area contributed by atoms with Gasteiger partial charge in [-0.2, -0.15) is 0 Å². The minimum absolute atomic E-state index is 0.428. The van der Waals surface area contributed by atoms with Gasteiger partial charge < -0.3 is 16.8 Å². The van der Waals surface area contributed by atoms with Gasteiger partial charge in [0, 0.05) is 17.4 Å². The molecule has 1 saturated carbocycles. The van der Waals surface area contributed by atoms with Crippen molar-refractivity contribution in [2.45, 2.75) is 32.2 Å². The minimum Gasteiger partial charge on any atom is -0.399 e. The highest BCUT2D eigenvalue weighted by Gasteiger charge is 2.24. The van der Waals surface area contributed by atoms with E-state index in [1.54, 1.807) is 12.1 Å². The molecular formula is C13H19N3O. The molecule has 1 amide bonds. The van der Waals surface area contributed by atoms with E-state index in [0.717, 1.165) is 12.1 Å². The molecule has 1 aromatic rings. The molecule has 2 rings (SSSR count). The highest BCUT2D eigenvalue weighted by Crippen LogP contribution is 2.29. The van der Waals surface area contributed by atoms with Crippen LogP contribution in [0, 0.1) is 5.92 Å². The monoisotopic (exact) mass is 233 g/mol. The fraction of sp³-hybridized carbons (Fsp3) is 0.462. The Bertz CT molecular complexity index is 431. The number of anilines is 2. The van der Waals surface area contributed by atoms with Crippen LogP contribution in [0.15, 0.2) is 18.2 Å². The normalized spacial score (nSPS) is 23.6. The van der Waals surface area contributed by atoms with Gasteiger partial charge >= 0.3 is 0 Å². The average molecular weight is 233 g/mol. The molecule has 0 saturated heterocycles. The molecule has 0 heterocycles. The van der Waals surface area contributed by atoms with Crippen LogP contribution in [-0.4, -0.2) is 11.9 Å². The zero-order valence-electron chi connectivity index (χ0n) is 10.1. The van der Waals surface area contributed by atoms with Gasteiger partial charge in [-0.25, -0.2) is 0 Å². The van der Waals surface area contributed by atoms with Gasteiger partial charge in [0.25, 0.3) is 5.91 Å². The van der Waals surface area contributed by atoms with Crippen molar-refractivity contribution in [3.63, 3.8) is 0 Å². The number of carbonyl (C=O) groups excluding carboxylic acids is 1. The number of hydrogen-bond donors (Lipinski definition) is 3. The summed E-state index contributed by atoms with van der Waals surface area (Å²) >= 11 is 0. The molecule has 0 spiro atoms. The first-order valence-corrected chi connectivity index (χ1v) is 6.04. The van der Waals surface area contributed by atoms with Crippen molar-refractivity contribution < 1.29 is 4.79 Å². The molecule has 4 nitrogen and oxygen atoms in total. The Kier molecular flexibility index (Phi) is 3.22. The van der Waals surface area contributed by atoms with Crippen LogP contribution in [0.25, 0.3) is 0 Å². The quantitative estimate of drug-likeness (QED) is 0.698. The largest absolute Gasteiger partial charge is 0.399 e. The summed E-state index contributed by atoms with van der Waals surface area (Å²) in [6, 6.07) is 5.68. The molecule has 1 aliphatic rings. The molecule has 4 heteroatoms. The van der Waals surface area contributed by atoms with Crippen molar-refractivity contribution in [3.8, 4) is 0 Å². The van der Waals surface area contributed by atoms with Crippen molar-refractivity contribution >= 4 is 17.3 Å². The third kappa shape index (κ3) is 2.52. The van der Waals surface area contributed by atoms with Crippen LogP contribution in [0.2, 0.25) is 0 Å². The van der Waals surface area contributed by atoms with Gasteiger partial charge in [-0.15, -0.1) is 0 Å². The number of rotatable bonds is 3. The zero-order chi connectivity index (χ0) is 12.4. The first kappa shape index (κ1) is 11.8. The molecule has 0 bridgehead atoms. The van der Waals surface area contributed by atoms with Gasteiger partial charge in [-0.05, 0) is 37.0 Å². The van der Waals surface area contributed by atoms with Gasteiger partial charge in [0.05, 0.1) is 5.56 Å². The summed E-state index contributed by atoms with van der Waals surface area (Å²) in [5.74, 6) is 0.193. The van der Waals surface area contributed by atoms with Crippen LogP contribution in [0.1, 0.15) is 36.5 Å². The van der Waals surface area contributed by atoms with Gasteiger partial charge in [-0.1, -0.05) is 13.3 Å². The fourth-order valence-corrected chi connectivity index (χ4v) is 2.45. The first-order valence-electron chi connectivity index (χ1n) is 6.04. The Morgan fingerprint density at radius 2 is 2.18 bits per heavy atom. The molecule has 92 valence electrons. The lowest BCUT2D eigenvalue weighted by Crippen LogP contribution is -2.24. The molecule has 17 heavy (non-hydrogen) atoms. The Balaban J connectivity index is 2.22. The second-order valence-corrected chi connectivity index (χ2v) is 4.83. The van der Waals surface area contributed by atoms with E-state index in [9.17, 15) is 4.79 Å². The summed E-state index contributed by atoms with van der Waals surface area (Å²) in [4.78, 5) is 11.4. The third-order valence-electron chi connectivity index (χ3n) is 3.51. The summed E-state index contributed by atoms with van der Waals surface area (Å²) in [5, 5.41) is 3.41. The SMILES string of the molecule is CC1CCCC1Nc1ccc(N)cc1C(N)=O. The Morgan fingerprint density at radius 3 is 2.76 bits per heavy atom. The zero-order valence-corrected chi connectivity index (χ0v) is 10.1. The maximum atomic E-state index is 11.4.